The maximum Gasteiger partial charge on any atom is 0.179 e. The van der Waals surface area contributed by atoms with Crippen molar-refractivity contribution >= 4 is 15.5 Å². The van der Waals surface area contributed by atoms with E-state index in [0.29, 0.717) is 23.3 Å². The first kappa shape index (κ1) is 28.2. The summed E-state index contributed by atoms with van der Waals surface area (Å²) in [6, 6.07) is 13.2. The van der Waals surface area contributed by atoms with Crippen molar-refractivity contribution in [1.29, 1.82) is 0 Å². The number of sulfone groups is 1. The number of ether oxygens (including phenoxy) is 1. The molecule has 0 saturated carbocycles. The Bertz CT molecular complexity index is 1020. The SMILES string of the molecule is C.CCCCC1(CCCC)CS(=O)(=O)c2ccc(N(C)C)cc2[C@@H](c2ccc(OC)cc2)[C@H]1O. The van der Waals surface area contributed by atoms with Crippen molar-refractivity contribution in [2.75, 3.05) is 31.9 Å². The zero-order valence-corrected chi connectivity index (χ0v) is 21.5. The van der Waals surface area contributed by atoms with Crippen LogP contribution in [-0.4, -0.2) is 46.6 Å². The topological polar surface area (TPSA) is 66.8 Å². The van der Waals surface area contributed by atoms with Crippen LogP contribution < -0.4 is 9.64 Å². The number of rotatable bonds is 9. The second-order valence-electron chi connectivity index (χ2n) is 9.64. The lowest BCUT2D eigenvalue weighted by Gasteiger charge is -2.40. The van der Waals surface area contributed by atoms with Gasteiger partial charge in [0.25, 0.3) is 0 Å². The van der Waals surface area contributed by atoms with E-state index in [-0.39, 0.29) is 13.2 Å². The lowest BCUT2D eigenvalue weighted by atomic mass is 9.68. The van der Waals surface area contributed by atoms with E-state index >= 15 is 0 Å². The maximum absolute atomic E-state index is 13.8. The Morgan fingerprint density at radius 1 is 1.03 bits per heavy atom. The molecule has 0 aliphatic carbocycles. The quantitative estimate of drug-likeness (QED) is 0.465. The van der Waals surface area contributed by atoms with Crippen molar-refractivity contribution in [3.8, 4) is 5.75 Å². The van der Waals surface area contributed by atoms with Gasteiger partial charge in [0, 0.05) is 31.1 Å². The van der Waals surface area contributed by atoms with Crippen LogP contribution in [0.4, 0.5) is 5.69 Å². The molecule has 0 radical (unpaired) electrons. The van der Waals surface area contributed by atoms with E-state index in [4.69, 9.17) is 4.74 Å². The van der Waals surface area contributed by atoms with Gasteiger partial charge < -0.3 is 14.7 Å². The molecular formula is C28H43NO4S. The Morgan fingerprint density at radius 2 is 1.62 bits per heavy atom. The molecule has 0 aromatic heterocycles. The predicted octanol–water partition coefficient (Wildman–Crippen LogP) is 6.04. The van der Waals surface area contributed by atoms with Gasteiger partial charge in [-0.15, -0.1) is 0 Å². The molecule has 3 rings (SSSR count). The van der Waals surface area contributed by atoms with E-state index in [9.17, 15) is 13.5 Å². The molecule has 190 valence electrons. The van der Waals surface area contributed by atoms with Gasteiger partial charge in [0.2, 0.25) is 0 Å². The average Bonchev–Trinajstić information content (AvgIpc) is 2.87. The summed E-state index contributed by atoms with van der Waals surface area (Å²) in [5.74, 6) is 0.291. The minimum atomic E-state index is -3.58. The fourth-order valence-corrected chi connectivity index (χ4v) is 7.39. The lowest BCUT2D eigenvalue weighted by molar-refractivity contribution is 0.0127. The van der Waals surface area contributed by atoms with Gasteiger partial charge >= 0.3 is 0 Å². The van der Waals surface area contributed by atoms with E-state index < -0.39 is 27.3 Å². The van der Waals surface area contributed by atoms with Crippen LogP contribution in [0.5, 0.6) is 5.75 Å². The van der Waals surface area contributed by atoms with Crippen LogP contribution in [-0.2, 0) is 9.84 Å². The highest BCUT2D eigenvalue weighted by molar-refractivity contribution is 7.91. The van der Waals surface area contributed by atoms with Gasteiger partial charge in [-0.25, -0.2) is 8.42 Å². The number of nitrogens with zero attached hydrogens (tertiary/aromatic N) is 1. The number of hydrogen-bond donors (Lipinski definition) is 1. The zero-order valence-electron chi connectivity index (χ0n) is 20.7. The average molecular weight is 490 g/mol. The number of hydrogen-bond acceptors (Lipinski definition) is 5. The van der Waals surface area contributed by atoms with Crippen molar-refractivity contribution in [3.05, 3.63) is 53.6 Å². The van der Waals surface area contributed by atoms with E-state index in [1.807, 2.05) is 55.4 Å². The van der Waals surface area contributed by atoms with Crippen molar-refractivity contribution in [1.82, 2.24) is 0 Å². The third kappa shape index (κ3) is 5.60. The van der Waals surface area contributed by atoms with Crippen LogP contribution in [0.3, 0.4) is 0 Å². The summed E-state index contributed by atoms with van der Waals surface area (Å²) in [7, 11) is 1.93. The van der Waals surface area contributed by atoms with Gasteiger partial charge in [0.05, 0.1) is 23.9 Å². The molecule has 0 fully saturated rings. The van der Waals surface area contributed by atoms with E-state index in [1.54, 1.807) is 13.2 Å². The predicted molar refractivity (Wildman–Crippen MR) is 142 cm³/mol. The summed E-state index contributed by atoms with van der Waals surface area (Å²) in [5.41, 5.74) is 1.83. The Hall–Kier alpha value is -2.05. The number of anilines is 1. The molecule has 1 heterocycles. The van der Waals surface area contributed by atoms with Gasteiger partial charge in [-0.05, 0) is 54.3 Å². The smallest absolute Gasteiger partial charge is 0.179 e. The first-order chi connectivity index (χ1) is 15.7. The number of benzene rings is 2. The van der Waals surface area contributed by atoms with E-state index in [0.717, 1.165) is 42.7 Å². The minimum Gasteiger partial charge on any atom is -0.497 e. The molecule has 0 spiro atoms. The van der Waals surface area contributed by atoms with Gasteiger partial charge in [0.1, 0.15) is 5.75 Å². The maximum atomic E-state index is 13.8. The van der Waals surface area contributed by atoms with Crippen LogP contribution in [0.25, 0.3) is 0 Å². The van der Waals surface area contributed by atoms with Crippen molar-refractivity contribution < 1.29 is 18.3 Å². The molecule has 0 amide bonds. The third-order valence-corrected chi connectivity index (χ3v) is 9.13. The lowest BCUT2D eigenvalue weighted by Crippen LogP contribution is -2.43. The van der Waals surface area contributed by atoms with E-state index in [2.05, 4.69) is 13.8 Å². The highest BCUT2D eigenvalue weighted by Gasteiger charge is 2.49. The molecule has 2 aromatic carbocycles. The first-order valence-corrected chi connectivity index (χ1v) is 13.7. The standard InChI is InChI=1S/C27H39NO4S.CH4/c1-6-8-16-27(17-9-7-2)19-33(30,31)24-15-12-21(28(3)4)18-23(24)25(26(27)29)20-10-13-22(32-5)14-11-20;/h10-15,18,25-26,29H,6-9,16-17,19H2,1-5H3;1H4/t25-,26-;/m1./s1. The number of fused-ring (bicyclic) bond motifs is 1. The molecular weight excluding hydrogens is 446 g/mol. The van der Waals surface area contributed by atoms with E-state index in [1.165, 1.54) is 0 Å². The number of methoxy groups -OCH3 is 1. The number of unbranched alkanes of at least 4 members (excludes halogenated alkanes) is 2. The van der Waals surface area contributed by atoms with Crippen LogP contribution in [0.1, 0.15) is 76.8 Å². The van der Waals surface area contributed by atoms with Gasteiger partial charge in [-0.3, -0.25) is 0 Å². The first-order valence-electron chi connectivity index (χ1n) is 12.0. The summed E-state index contributed by atoms with van der Waals surface area (Å²) < 4.78 is 32.9. The van der Waals surface area contributed by atoms with Crippen molar-refractivity contribution in [2.24, 2.45) is 5.41 Å². The van der Waals surface area contributed by atoms with Crippen molar-refractivity contribution in [3.63, 3.8) is 0 Å². The Labute approximate surface area is 207 Å². The molecule has 2 atom stereocenters. The van der Waals surface area contributed by atoms with Crippen molar-refractivity contribution in [2.45, 2.75) is 76.7 Å². The van der Waals surface area contributed by atoms with Crippen LogP contribution in [0.2, 0.25) is 0 Å². The molecule has 6 heteroatoms. The zero-order chi connectivity index (χ0) is 24.2. The van der Waals surface area contributed by atoms with Gasteiger partial charge in [0.15, 0.2) is 9.84 Å². The Morgan fingerprint density at radius 3 is 2.12 bits per heavy atom. The number of aliphatic hydroxyl groups is 1. The molecule has 1 N–H and O–H groups in total. The summed E-state index contributed by atoms with van der Waals surface area (Å²) in [6.45, 7) is 4.23. The monoisotopic (exact) mass is 489 g/mol. The minimum absolute atomic E-state index is 0. The molecule has 0 bridgehead atoms. The second-order valence-corrected chi connectivity index (χ2v) is 11.6. The second kappa shape index (κ2) is 11.6. The molecule has 0 unspecified atom stereocenters. The molecule has 1 aliphatic rings. The fraction of sp³-hybridized carbons (Fsp3) is 0.571. The molecule has 1 aliphatic heterocycles. The molecule has 5 nitrogen and oxygen atoms in total. The largest absolute Gasteiger partial charge is 0.497 e. The Kier molecular flexibility index (Phi) is 9.61. The Balaban J connectivity index is 0.00000408. The summed E-state index contributed by atoms with van der Waals surface area (Å²) in [5, 5.41) is 12.1. The normalized spacial score (nSPS) is 20.5. The van der Waals surface area contributed by atoms with Crippen LogP contribution >= 0.6 is 0 Å². The van der Waals surface area contributed by atoms with Crippen LogP contribution in [0, 0.1) is 5.41 Å². The number of aliphatic hydroxyl groups excluding tert-OH is 1. The molecule has 34 heavy (non-hydrogen) atoms. The summed E-state index contributed by atoms with van der Waals surface area (Å²) >= 11 is 0. The van der Waals surface area contributed by atoms with Crippen LogP contribution in [0.15, 0.2) is 47.4 Å². The fourth-order valence-electron chi connectivity index (χ4n) is 5.20. The molecule has 0 saturated heterocycles. The summed E-state index contributed by atoms with van der Waals surface area (Å²) in [6.07, 6.45) is 4.31. The van der Waals surface area contributed by atoms with Gasteiger partial charge in [-0.1, -0.05) is 59.1 Å². The summed E-state index contributed by atoms with van der Waals surface area (Å²) in [4.78, 5) is 2.32. The highest BCUT2D eigenvalue weighted by Crippen LogP contribution is 2.50. The van der Waals surface area contributed by atoms with Gasteiger partial charge in [-0.2, -0.15) is 0 Å². The third-order valence-electron chi connectivity index (χ3n) is 7.13. The highest BCUT2D eigenvalue weighted by atomic mass is 32.2. The molecule has 2 aromatic rings.